The van der Waals surface area contributed by atoms with E-state index in [2.05, 4.69) is 0 Å². The van der Waals surface area contributed by atoms with Crippen LogP contribution in [0.1, 0.15) is 11.1 Å². The van der Waals surface area contributed by atoms with Crippen molar-refractivity contribution >= 4 is 34.6 Å². The van der Waals surface area contributed by atoms with Crippen LogP contribution in [-0.4, -0.2) is 46.5 Å². The molecule has 0 spiro atoms. The van der Waals surface area contributed by atoms with Gasteiger partial charge in [0.25, 0.3) is 0 Å². The molecule has 0 aliphatic heterocycles. The highest BCUT2D eigenvalue weighted by Crippen LogP contribution is 2.53. The first-order valence-corrected chi connectivity index (χ1v) is 14.3. The van der Waals surface area contributed by atoms with E-state index in [0.717, 1.165) is 36.4 Å². The molecule has 0 fully saturated rings. The number of ether oxygens (including phenoxy) is 3. The largest absolute Gasteiger partial charge is 0.484 e. The maximum Gasteiger partial charge on any atom is 0.416 e. The van der Waals surface area contributed by atoms with Crippen LogP contribution in [0, 0.1) is 20.2 Å². The molecule has 0 heterocycles. The van der Waals surface area contributed by atoms with Gasteiger partial charge in [-0.05, 0) is 36.4 Å². The Morgan fingerprint density at radius 3 is 1.29 bits per heavy atom. The van der Waals surface area contributed by atoms with E-state index in [1.165, 1.54) is 0 Å². The molecule has 0 bridgehead atoms. The highest BCUT2D eigenvalue weighted by molar-refractivity contribution is 6.34. The summed E-state index contributed by atoms with van der Waals surface area (Å²) in [6, 6.07) is 7.86. The van der Waals surface area contributed by atoms with Gasteiger partial charge < -0.3 is 24.4 Å². The standard InChI is InChI=1S/C30H20Cl2F6N2O9/c31-19-13-15(29(33,34)35)1-3-17(19)25-23(7-5-21(39(43)44)27(25)47-11-9-41)49-24-8-6-22(40(45)46)28(48-12-10-42)26(24)18-4-2-16(14-20(18)32)30(36,37)38/h1-8,13-14,41-42H,9-12H2. The summed E-state index contributed by atoms with van der Waals surface area (Å²) in [4.78, 5) is 22.2. The van der Waals surface area contributed by atoms with Crippen molar-refractivity contribution in [3.05, 3.63) is 102 Å². The van der Waals surface area contributed by atoms with E-state index in [4.69, 9.17) is 37.4 Å². The van der Waals surface area contributed by atoms with Gasteiger partial charge in [0, 0.05) is 33.3 Å². The lowest BCUT2D eigenvalue weighted by molar-refractivity contribution is -0.385. The molecular weight excluding hydrogens is 717 g/mol. The summed E-state index contributed by atoms with van der Waals surface area (Å²) in [5.74, 6) is -2.03. The topological polar surface area (TPSA) is 154 Å². The van der Waals surface area contributed by atoms with Crippen LogP contribution in [0.2, 0.25) is 10.0 Å². The molecule has 0 saturated carbocycles. The van der Waals surface area contributed by atoms with Crippen LogP contribution >= 0.6 is 23.2 Å². The molecule has 4 rings (SSSR count). The fourth-order valence-corrected chi connectivity index (χ4v) is 5.12. The molecule has 49 heavy (non-hydrogen) atoms. The van der Waals surface area contributed by atoms with Crippen LogP contribution in [0.3, 0.4) is 0 Å². The molecule has 0 aliphatic carbocycles. The minimum Gasteiger partial charge on any atom is -0.484 e. The first-order valence-electron chi connectivity index (χ1n) is 13.5. The number of aliphatic hydroxyl groups is 2. The lowest BCUT2D eigenvalue weighted by Gasteiger charge is -2.21. The molecule has 0 amide bonds. The van der Waals surface area contributed by atoms with Crippen molar-refractivity contribution in [2.24, 2.45) is 0 Å². The third kappa shape index (κ3) is 8.07. The lowest BCUT2D eigenvalue weighted by atomic mass is 9.99. The lowest BCUT2D eigenvalue weighted by Crippen LogP contribution is -2.08. The number of aliphatic hydroxyl groups excluding tert-OH is 2. The maximum absolute atomic E-state index is 13.5. The Balaban J connectivity index is 2.07. The Bertz CT molecular complexity index is 1770. The number of rotatable bonds is 12. The second-order valence-electron chi connectivity index (χ2n) is 9.72. The highest BCUT2D eigenvalue weighted by atomic mass is 35.5. The molecule has 0 unspecified atom stereocenters. The van der Waals surface area contributed by atoms with Gasteiger partial charge in [0.2, 0.25) is 11.5 Å². The maximum atomic E-state index is 13.5. The van der Waals surface area contributed by atoms with E-state index >= 15 is 0 Å². The van der Waals surface area contributed by atoms with Crippen LogP contribution in [0.25, 0.3) is 22.3 Å². The zero-order valence-corrected chi connectivity index (χ0v) is 25.8. The van der Waals surface area contributed by atoms with Crippen molar-refractivity contribution in [3.63, 3.8) is 0 Å². The Kier molecular flexibility index (Phi) is 11.1. The monoisotopic (exact) mass is 736 g/mol. The second-order valence-corrected chi connectivity index (χ2v) is 10.5. The molecule has 0 radical (unpaired) electrons. The minimum atomic E-state index is -4.83. The third-order valence-corrected chi connectivity index (χ3v) is 7.24. The number of hydrogen-bond donors (Lipinski definition) is 2. The van der Waals surface area contributed by atoms with E-state index in [9.17, 15) is 56.8 Å². The summed E-state index contributed by atoms with van der Waals surface area (Å²) >= 11 is 12.5. The minimum absolute atomic E-state index is 0.283. The first-order chi connectivity index (χ1) is 23.0. The van der Waals surface area contributed by atoms with E-state index in [1.54, 1.807) is 0 Å². The van der Waals surface area contributed by atoms with Gasteiger partial charge in [-0.1, -0.05) is 35.3 Å². The van der Waals surface area contributed by atoms with E-state index in [0.29, 0.717) is 24.3 Å². The smallest absolute Gasteiger partial charge is 0.416 e. The molecule has 2 N–H and O–H groups in total. The summed E-state index contributed by atoms with van der Waals surface area (Å²) < 4.78 is 97.7. The zero-order valence-electron chi connectivity index (χ0n) is 24.3. The van der Waals surface area contributed by atoms with Gasteiger partial charge in [-0.2, -0.15) is 26.3 Å². The van der Waals surface area contributed by atoms with Crippen LogP contribution in [-0.2, 0) is 12.4 Å². The molecular formula is C30H20Cl2F6N2O9. The molecule has 0 aliphatic rings. The zero-order chi connectivity index (χ0) is 36.3. The van der Waals surface area contributed by atoms with Crippen molar-refractivity contribution in [1.29, 1.82) is 0 Å². The normalized spacial score (nSPS) is 11.7. The fraction of sp³-hybridized carbons (Fsp3) is 0.200. The van der Waals surface area contributed by atoms with Gasteiger partial charge in [0.05, 0.1) is 45.3 Å². The Morgan fingerprint density at radius 2 is 1.00 bits per heavy atom. The quantitative estimate of drug-likeness (QED) is 0.0825. The predicted octanol–water partition coefficient (Wildman–Crippen LogP) is 8.72. The van der Waals surface area contributed by atoms with Gasteiger partial charge in [0.1, 0.15) is 24.7 Å². The second kappa shape index (κ2) is 14.7. The van der Waals surface area contributed by atoms with Gasteiger partial charge in [-0.3, -0.25) is 20.2 Å². The molecule has 4 aromatic rings. The average Bonchev–Trinajstić information content (AvgIpc) is 3.01. The fourth-order valence-electron chi connectivity index (χ4n) is 4.57. The van der Waals surface area contributed by atoms with Gasteiger partial charge in [-0.25, -0.2) is 0 Å². The van der Waals surface area contributed by atoms with Crippen molar-refractivity contribution in [1.82, 2.24) is 0 Å². The number of alkyl halides is 6. The van der Waals surface area contributed by atoms with Crippen molar-refractivity contribution in [3.8, 4) is 45.3 Å². The van der Waals surface area contributed by atoms with Crippen molar-refractivity contribution in [2.75, 3.05) is 26.4 Å². The van der Waals surface area contributed by atoms with Crippen LogP contribution in [0.15, 0.2) is 60.7 Å². The van der Waals surface area contributed by atoms with Crippen molar-refractivity contribution < 1.29 is 60.6 Å². The summed E-state index contributed by atoms with van der Waals surface area (Å²) in [7, 11) is 0. The molecule has 0 aromatic heterocycles. The summed E-state index contributed by atoms with van der Waals surface area (Å²) in [6.45, 7) is -2.41. The number of hydrogen-bond acceptors (Lipinski definition) is 9. The van der Waals surface area contributed by atoms with Gasteiger partial charge in [0.15, 0.2) is 0 Å². The number of nitro groups is 2. The predicted molar refractivity (Wildman–Crippen MR) is 162 cm³/mol. The van der Waals surface area contributed by atoms with Crippen molar-refractivity contribution in [2.45, 2.75) is 12.4 Å². The summed E-state index contributed by atoms with van der Waals surface area (Å²) in [5, 5.41) is 41.6. The summed E-state index contributed by atoms with van der Waals surface area (Å²) in [5.41, 5.74) is -5.17. The molecule has 19 heteroatoms. The third-order valence-electron chi connectivity index (χ3n) is 6.62. The number of nitrogens with zero attached hydrogens (tertiary/aromatic N) is 2. The van der Waals surface area contributed by atoms with Crippen LogP contribution in [0.4, 0.5) is 37.7 Å². The van der Waals surface area contributed by atoms with E-state index in [-0.39, 0.29) is 11.1 Å². The number of nitro benzene ring substituents is 2. The Morgan fingerprint density at radius 1 is 0.633 bits per heavy atom. The Hall–Kier alpha value is -4.84. The van der Waals surface area contributed by atoms with Gasteiger partial charge in [-0.15, -0.1) is 0 Å². The Labute approximate surface area is 281 Å². The molecule has 0 saturated heterocycles. The molecule has 11 nitrogen and oxygen atoms in total. The molecule has 260 valence electrons. The first kappa shape index (κ1) is 37.0. The van der Waals surface area contributed by atoms with Crippen LogP contribution < -0.4 is 14.2 Å². The number of halogens is 8. The number of benzene rings is 4. The molecule has 4 aromatic carbocycles. The van der Waals surface area contributed by atoms with Gasteiger partial charge >= 0.3 is 23.7 Å². The highest BCUT2D eigenvalue weighted by Gasteiger charge is 2.35. The summed E-state index contributed by atoms with van der Waals surface area (Å²) in [6.07, 6.45) is -9.67. The van der Waals surface area contributed by atoms with E-state index < -0.39 is 115 Å². The van der Waals surface area contributed by atoms with Crippen LogP contribution in [0.5, 0.6) is 23.0 Å². The molecule has 0 atom stereocenters. The SMILES string of the molecule is O=[N+]([O-])c1ccc(Oc2ccc([N+](=O)[O-])c(OCCO)c2-c2ccc(C(F)(F)F)cc2Cl)c(-c2ccc(C(F)(F)F)cc2Cl)c1OCCO. The van der Waals surface area contributed by atoms with E-state index in [1.807, 2.05) is 0 Å². The average molecular weight is 737 g/mol.